The van der Waals surface area contributed by atoms with Crippen LogP contribution in [0.5, 0.6) is 0 Å². The summed E-state index contributed by atoms with van der Waals surface area (Å²) in [6.07, 6.45) is 1.80. The van der Waals surface area contributed by atoms with Crippen molar-refractivity contribution in [3.05, 3.63) is 0 Å². The molecule has 0 aromatic rings. The third-order valence-electron chi connectivity index (χ3n) is 2.49. The van der Waals surface area contributed by atoms with Gasteiger partial charge in [-0.05, 0) is 12.8 Å². The van der Waals surface area contributed by atoms with E-state index in [1.807, 2.05) is 0 Å². The monoisotopic (exact) mass is 231 g/mol. The fourth-order valence-corrected chi connectivity index (χ4v) is 1.59. The number of methoxy groups -OCH3 is 1. The first-order chi connectivity index (χ1) is 7.75. The minimum atomic E-state index is -0.105. The number of ether oxygens (including phenoxy) is 2. The standard InChI is InChI=1S/C10H21N3O3/c1-15-7-3-8-16-9-6-12-4-2-5-13(11)10(12)14/h2-9,11H2,1H3. The summed E-state index contributed by atoms with van der Waals surface area (Å²) >= 11 is 0. The molecule has 0 saturated carbocycles. The normalized spacial score (nSPS) is 17.0. The lowest BCUT2D eigenvalue weighted by molar-refractivity contribution is 0.0746. The second-order valence-corrected chi connectivity index (χ2v) is 3.78. The van der Waals surface area contributed by atoms with Gasteiger partial charge in [-0.2, -0.15) is 0 Å². The summed E-state index contributed by atoms with van der Waals surface area (Å²) in [4.78, 5) is 13.3. The molecule has 1 saturated heterocycles. The third kappa shape index (κ3) is 4.34. The second-order valence-electron chi connectivity index (χ2n) is 3.78. The summed E-state index contributed by atoms with van der Waals surface area (Å²) in [7, 11) is 1.67. The highest BCUT2D eigenvalue weighted by atomic mass is 16.5. The Balaban J connectivity index is 2.05. The molecule has 0 atom stereocenters. The van der Waals surface area contributed by atoms with Gasteiger partial charge in [-0.3, -0.25) is 5.01 Å². The van der Waals surface area contributed by atoms with Crippen LogP contribution in [-0.4, -0.2) is 62.5 Å². The summed E-state index contributed by atoms with van der Waals surface area (Å²) in [5.74, 6) is 5.52. The van der Waals surface area contributed by atoms with E-state index in [1.54, 1.807) is 12.0 Å². The fraction of sp³-hybridized carbons (Fsp3) is 0.900. The van der Waals surface area contributed by atoms with Crippen LogP contribution in [0.3, 0.4) is 0 Å². The molecule has 2 amide bonds. The highest BCUT2D eigenvalue weighted by Gasteiger charge is 2.22. The minimum Gasteiger partial charge on any atom is -0.385 e. The zero-order chi connectivity index (χ0) is 11.8. The first kappa shape index (κ1) is 13.2. The molecule has 0 bridgehead atoms. The number of nitrogens with zero attached hydrogens (tertiary/aromatic N) is 2. The number of carbonyl (C=O) groups excluding carboxylic acids is 1. The Morgan fingerprint density at radius 3 is 2.88 bits per heavy atom. The topological polar surface area (TPSA) is 68.0 Å². The smallest absolute Gasteiger partial charge is 0.334 e. The van der Waals surface area contributed by atoms with Gasteiger partial charge in [0.25, 0.3) is 0 Å². The molecular weight excluding hydrogens is 210 g/mol. The summed E-state index contributed by atoms with van der Waals surface area (Å²) in [6.45, 7) is 3.96. The molecule has 1 aliphatic rings. The van der Waals surface area contributed by atoms with Crippen molar-refractivity contribution in [2.24, 2.45) is 5.84 Å². The van der Waals surface area contributed by atoms with E-state index in [-0.39, 0.29) is 6.03 Å². The van der Waals surface area contributed by atoms with E-state index in [9.17, 15) is 4.79 Å². The van der Waals surface area contributed by atoms with Crippen LogP contribution in [0.25, 0.3) is 0 Å². The second kappa shape index (κ2) is 7.43. The van der Waals surface area contributed by atoms with Gasteiger partial charge in [0.05, 0.1) is 6.61 Å². The van der Waals surface area contributed by atoms with Gasteiger partial charge in [-0.1, -0.05) is 0 Å². The number of rotatable bonds is 7. The lowest BCUT2D eigenvalue weighted by atomic mass is 10.3. The van der Waals surface area contributed by atoms with Gasteiger partial charge in [0, 0.05) is 40.0 Å². The van der Waals surface area contributed by atoms with Gasteiger partial charge in [0.2, 0.25) is 0 Å². The first-order valence-corrected chi connectivity index (χ1v) is 5.63. The largest absolute Gasteiger partial charge is 0.385 e. The SMILES string of the molecule is COCCCOCCN1CCCN(N)C1=O. The predicted octanol–water partition coefficient (Wildman–Crippen LogP) is 0.0409. The molecule has 0 aromatic heterocycles. The fourth-order valence-electron chi connectivity index (χ4n) is 1.59. The van der Waals surface area contributed by atoms with E-state index in [0.717, 1.165) is 19.4 Å². The molecule has 0 aromatic carbocycles. The Morgan fingerprint density at radius 1 is 1.31 bits per heavy atom. The number of amides is 2. The molecule has 1 fully saturated rings. The van der Waals surface area contributed by atoms with Crippen LogP contribution < -0.4 is 5.84 Å². The van der Waals surface area contributed by atoms with Crippen LogP contribution in [0.1, 0.15) is 12.8 Å². The molecule has 94 valence electrons. The van der Waals surface area contributed by atoms with Crippen molar-refractivity contribution in [1.29, 1.82) is 0 Å². The van der Waals surface area contributed by atoms with Crippen LogP contribution in [0.2, 0.25) is 0 Å². The van der Waals surface area contributed by atoms with Crippen molar-refractivity contribution in [3.8, 4) is 0 Å². The van der Waals surface area contributed by atoms with E-state index in [2.05, 4.69) is 0 Å². The Bertz CT molecular complexity index is 213. The van der Waals surface area contributed by atoms with E-state index >= 15 is 0 Å². The predicted molar refractivity (Wildman–Crippen MR) is 59.8 cm³/mol. The number of nitrogens with two attached hydrogens (primary N) is 1. The van der Waals surface area contributed by atoms with Crippen LogP contribution in [0.4, 0.5) is 4.79 Å². The summed E-state index contributed by atoms with van der Waals surface area (Å²) in [6, 6.07) is -0.105. The van der Waals surface area contributed by atoms with E-state index in [0.29, 0.717) is 32.9 Å². The zero-order valence-electron chi connectivity index (χ0n) is 9.85. The van der Waals surface area contributed by atoms with Gasteiger partial charge < -0.3 is 14.4 Å². The first-order valence-electron chi connectivity index (χ1n) is 5.63. The molecule has 1 heterocycles. The Hall–Kier alpha value is -0.850. The molecule has 0 unspecified atom stereocenters. The highest BCUT2D eigenvalue weighted by Crippen LogP contribution is 2.04. The quantitative estimate of drug-likeness (QED) is 0.381. The van der Waals surface area contributed by atoms with Gasteiger partial charge in [0.1, 0.15) is 0 Å². The van der Waals surface area contributed by atoms with Crippen LogP contribution in [-0.2, 0) is 9.47 Å². The van der Waals surface area contributed by atoms with E-state index in [1.165, 1.54) is 5.01 Å². The third-order valence-corrected chi connectivity index (χ3v) is 2.49. The van der Waals surface area contributed by atoms with E-state index < -0.39 is 0 Å². The molecule has 6 nitrogen and oxygen atoms in total. The van der Waals surface area contributed by atoms with Gasteiger partial charge in [-0.25, -0.2) is 10.6 Å². The maximum atomic E-state index is 11.5. The minimum absolute atomic E-state index is 0.105. The van der Waals surface area contributed by atoms with Crippen molar-refractivity contribution < 1.29 is 14.3 Å². The maximum Gasteiger partial charge on any atom is 0.334 e. The summed E-state index contributed by atoms with van der Waals surface area (Å²) in [5, 5.41) is 1.26. The van der Waals surface area contributed by atoms with Crippen LogP contribution in [0.15, 0.2) is 0 Å². The number of hydrogen-bond donors (Lipinski definition) is 1. The average Bonchev–Trinajstić information content (AvgIpc) is 2.29. The number of hydrazine groups is 1. The van der Waals surface area contributed by atoms with Crippen LogP contribution in [0, 0.1) is 0 Å². The summed E-state index contributed by atoms with van der Waals surface area (Å²) in [5.41, 5.74) is 0. The van der Waals surface area contributed by atoms with Crippen molar-refractivity contribution in [1.82, 2.24) is 9.91 Å². The molecule has 6 heteroatoms. The molecule has 1 aliphatic heterocycles. The number of hydrogen-bond acceptors (Lipinski definition) is 4. The van der Waals surface area contributed by atoms with Crippen LogP contribution >= 0.6 is 0 Å². The van der Waals surface area contributed by atoms with Gasteiger partial charge in [0.15, 0.2) is 0 Å². The molecular formula is C10H21N3O3. The molecule has 16 heavy (non-hydrogen) atoms. The average molecular weight is 231 g/mol. The highest BCUT2D eigenvalue weighted by molar-refractivity contribution is 5.74. The molecule has 2 N–H and O–H groups in total. The van der Waals surface area contributed by atoms with E-state index in [4.69, 9.17) is 15.3 Å². The Labute approximate surface area is 96.2 Å². The number of urea groups is 1. The molecule has 0 radical (unpaired) electrons. The lowest BCUT2D eigenvalue weighted by Gasteiger charge is -2.32. The van der Waals surface area contributed by atoms with Gasteiger partial charge >= 0.3 is 6.03 Å². The molecule has 1 rings (SSSR count). The molecule has 0 spiro atoms. The van der Waals surface area contributed by atoms with Crippen molar-refractivity contribution in [2.75, 3.05) is 46.6 Å². The number of carbonyl (C=O) groups is 1. The summed E-state index contributed by atoms with van der Waals surface area (Å²) < 4.78 is 10.3. The zero-order valence-corrected chi connectivity index (χ0v) is 9.85. The Morgan fingerprint density at radius 2 is 2.12 bits per heavy atom. The van der Waals surface area contributed by atoms with Crippen molar-refractivity contribution >= 4 is 6.03 Å². The van der Waals surface area contributed by atoms with Crippen molar-refractivity contribution in [2.45, 2.75) is 12.8 Å². The lowest BCUT2D eigenvalue weighted by Crippen LogP contribution is -2.53. The van der Waals surface area contributed by atoms with Gasteiger partial charge in [-0.15, -0.1) is 0 Å². The maximum absolute atomic E-state index is 11.5. The van der Waals surface area contributed by atoms with Crippen molar-refractivity contribution in [3.63, 3.8) is 0 Å². The molecule has 0 aliphatic carbocycles. The Kier molecular flexibility index (Phi) is 6.14.